The van der Waals surface area contributed by atoms with Crippen molar-refractivity contribution in [3.63, 3.8) is 0 Å². The van der Waals surface area contributed by atoms with Gasteiger partial charge in [-0.25, -0.2) is 4.79 Å². The molecule has 2 atom stereocenters. The summed E-state index contributed by atoms with van der Waals surface area (Å²) in [5, 5.41) is 0. The van der Waals surface area contributed by atoms with Crippen molar-refractivity contribution in [1.29, 1.82) is 0 Å². The third kappa shape index (κ3) is 5.29. The quantitative estimate of drug-likeness (QED) is 0.728. The second kappa shape index (κ2) is 7.47. The molecule has 1 rings (SSSR count). The number of nitrogens with zero attached hydrogens (tertiary/aromatic N) is 1. The van der Waals surface area contributed by atoms with Crippen LogP contribution in [-0.4, -0.2) is 35.0 Å². The topological polar surface area (TPSA) is 46.6 Å². The molecular weight excluding hydrogens is 278 g/mol. The zero-order valence-corrected chi connectivity index (χ0v) is 15.3. The lowest BCUT2D eigenvalue weighted by molar-refractivity contribution is -0.164. The molecule has 0 spiro atoms. The van der Waals surface area contributed by atoms with Crippen LogP contribution in [0.25, 0.3) is 0 Å². The molecule has 1 aliphatic heterocycles. The molecule has 1 saturated heterocycles. The average molecular weight is 311 g/mol. The van der Waals surface area contributed by atoms with Crippen molar-refractivity contribution < 1.29 is 14.3 Å². The Kier molecular flexibility index (Phi) is 6.45. The molecule has 0 aromatic rings. The second-order valence-corrected chi connectivity index (χ2v) is 8.20. The molecule has 0 radical (unpaired) electrons. The Morgan fingerprint density at radius 2 is 1.77 bits per heavy atom. The van der Waals surface area contributed by atoms with Gasteiger partial charge in [-0.05, 0) is 51.9 Å². The monoisotopic (exact) mass is 311 g/mol. The Labute approximate surface area is 135 Å². The Balaban J connectivity index is 2.83. The number of rotatable bonds is 5. The van der Waals surface area contributed by atoms with Crippen LogP contribution >= 0.6 is 0 Å². The van der Waals surface area contributed by atoms with Crippen LogP contribution in [0.2, 0.25) is 0 Å². The van der Waals surface area contributed by atoms with E-state index >= 15 is 0 Å². The van der Waals surface area contributed by atoms with Gasteiger partial charge in [-0.2, -0.15) is 0 Å². The van der Waals surface area contributed by atoms with Gasteiger partial charge in [-0.1, -0.05) is 27.7 Å². The van der Waals surface area contributed by atoms with Crippen LogP contribution in [0.3, 0.4) is 0 Å². The summed E-state index contributed by atoms with van der Waals surface area (Å²) in [5.74, 6) is 0.610. The highest BCUT2D eigenvalue weighted by Gasteiger charge is 2.39. The normalized spacial score (nSPS) is 20.6. The highest BCUT2D eigenvalue weighted by atomic mass is 16.6. The van der Waals surface area contributed by atoms with Crippen LogP contribution in [0, 0.1) is 17.8 Å². The number of hydrogen-bond donors (Lipinski definition) is 0. The summed E-state index contributed by atoms with van der Waals surface area (Å²) in [6.45, 7) is 14.7. The van der Waals surface area contributed by atoms with E-state index < -0.39 is 11.6 Å². The van der Waals surface area contributed by atoms with E-state index in [2.05, 4.69) is 27.7 Å². The lowest BCUT2D eigenvalue weighted by Crippen LogP contribution is -2.47. The van der Waals surface area contributed by atoms with E-state index in [0.29, 0.717) is 18.9 Å². The number of likely N-dealkylation sites (tertiary alicyclic amines) is 1. The molecule has 1 unspecified atom stereocenters. The number of hydrogen-bond acceptors (Lipinski definition) is 3. The van der Waals surface area contributed by atoms with Gasteiger partial charge in [0.15, 0.2) is 0 Å². The van der Waals surface area contributed by atoms with E-state index in [1.165, 1.54) is 0 Å². The third-order valence-electron chi connectivity index (χ3n) is 4.06. The molecule has 1 amide bonds. The molecule has 0 N–H and O–H groups in total. The van der Waals surface area contributed by atoms with Crippen LogP contribution in [-0.2, 0) is 14.3 Å². The van der Waals surface area contributed by atoms with E-state index in [1.54, 1.807) is 4.90 Å². The lowest BCUT2D eigenvalue weighted by atomic mass is 9.86. The molecular formula is C18H33NO3. The minimum atomic E-state index is -0.510. The Hall–Kier alpha value is -1.06. The van der Waals surface area contributed by atoms with E-state index in [4.69, 9.17) is 4.74 Å². The maximum atomic E-state index is 12.9. The second-order valence-electron chi connectivity index (χ2n) is 8.20. The summed E-state index contributed by atoms with van der Waals surface area (Å²) in [6, 6.07) is -0.403. The van der Waals surface area contributed by atoms with E-state index in [1.807, 2.05) is 20.8 Å². The summed E-state index contributed by atoms with van der Waals surface area (Å²) in [4.78, 5) is 27.1. The fraction of sp³-hybridized carbons (Fsp3) is 0.889. The minimum absolute atomic E-state index is 0.0111. The van der Waals surface area contributed by atoms with Crippen molar-refractivity contribution >= 4 is 11.9 Å². The number of amides is 1. The summed E-state index contributed by atoms with van der Waals surface area (Å²) >= 11 is 0. The zero-order valence-electron chi connectivity index (χ0n) is 15.3. The predicted octanol–water partition coefficient (Wildman–Crippen LogP) is 3.64. The number of carbonyl (C=O) groups is 2. The Morgan fingerprint density at radius 1 is 1.18 bits per heavy atom. The first-order valence-corrected chi connectivity index (χ1v) is 8.56. The standard InChI is InChI=1S/C18H33NO3/c1-12(2)11-14(13(3)4)16(20)19-10-8-9-15(19)17(21)22-18(5,6)7/h12-15H,8-11H2,1-7H3/t14?,15-/m0/s1. The van der Waals surface area contributed by atoms with E-state index in [0.717, 1.165) is 12.8 Å². The van der Waals surface area contributed by atoms with Gasteiger partial charge in [-0.15, -0.1) is 0 Å². The van der Waals surface area contributed by atoms with Crippen LogP contribution in [0.15, 0.2) is 0 Å². The van der Waals surface area contributed by atoms with Gasteiger partial charge in [0.05, 0.1) is 0 Å². The van der Waals surface area contributed by atoms with Gasteiger partial charge in [0, 0.05) is 12.5 Å². The highest BCUT2D eigenvalue weighted by Crippen LogP contribution is 2.28. The molecule has 4 heteroatoms. The minimum Gasteiger partial charge on any atom is -0.458 e. The number of carbonyl (C=O) groups excluding carboxylic acids is 2. The van der Waals surface area contributed by atoms with Crippen LogP contribution in [0.1, 0.15) is 67.7 Å². The van der Waals surface area contributed by atoms with Crippen LogP contribution in [0.4, 0.5) is 0 Å². The smallest absolute Gasteiger partial charge is 0.329 e. The molecule has 1 fully saturated rings. The molecule has 4 nitrogen and oxygen atoms in total. The van der Waals surface area contributed by atoms with E-state index in [9.17, 15) is 9.59 Å². The van der Waals surface area contributed by atoms with Crippen molar-refractivity contribution in [1.82, 2.24) is 4.90 Å². The van der Waals surface area contributed by atoms with Gasteiger partial charge in [0.25, 0.3) is 0 Å². The van der Waals surface area contributed by atoms with Crippen molar-refractivity contribution in [2.75, 3.05) is 6.54 Å². The third-order valence-corrected chi connectivity index (χ3v) is 4.06. The van der Waals surface area contributed by atoms with Crippen LogP contribution < -0.4 is 0 Å². The van der Waals surface area contributed by atoms with Crippen molar-refractivity contribution in [3.8, 4) is 0 Å². The average Bonchev–Trinajstić information content (AvgIpc) is 2.81. The predicted molar refractivity (Wildman–Crippen MR) is 88.4 cm³/mol. The van der Waals surface area contributed by atoms with Crippen LogP contribution in [0.5, 0.6) is 0 Å². The first kappa shape index (κ1) is 19.0. The highest BCUT2D eigenvalue weighted by molar-refractivity contribution is 5.86. The zero-order chi connectivity index (χ0) is 17.1. The van der Waals surface area contributed by atoms with E-state index in [-0.39, 0.29) is 23.7 Å². The molecule has 0 bridgehead atoms. The summed E-state index contributed by atoms with van der Waals surface area (Å²) in [6.07, 6.45) is 2.46. The molecule has 128 valence electrons. The first-order chi connectivity index (χ1) is 10.0. The Bertz CT molecular complexity index is 396. The van der Waals surface area contributed by atoms with Gasteiger partial charge in [0.2, 0.25) is 5.91 Å². The van der Waals surface area contributed by atoms with Crippen molar-refractivity contribution in [2.24, 2.45) is 17.8 Å². The first-order valence-electron chi connectivity index (χ1n) is 8.56. The lowest BCUT2D eigenvalue weighted by Gasteiger charge is -2.32. The summed E-state index contributed by atoms with van der Waals surface area (Å²) in [5.41, 5.74) is -0.510. The largest absolute Gasteiger partial charge is 0.458 e. The number of esters is 1. The molecule has 1 aliphatic rings. The van der Waals surface area contributed by atoms with Crippen molar-refractivity contribution in [2.45, 2.75) is 79.4 Å². The van der Waals surface area contributed by atoms with Gasteiger partial charge in [0.1, 0.15) is 11.6 Å². The number of ether oxygens (including phenoxy) is 1. The summed E-state index contributed by atoms with van der Waals surface area (Å²) < 4.78 is 5.49. The maximum Gasteiger partial charge on any atom is 0.329 e. The molecule has 0 aromatic carbocycles. The molecule has 0 aromatic heterocycles. The Morgan fingerprint density at radius 3 is 2.23 bits per heavy atom. The SMILES string of the molecule is CC(C)CC(C(=O)N1CCC[C@H]1C(=O)OC(C)(C)C)C(C)C. The van der Waals surface area contributed by atoms with Gasteiger partial charge >= 0.3 is 5.97 Å². The molecule has 1 heterocycles. The van der Waals surface area contributed by atoms with Gasteiger partial charge < -0.3 is 9.64 Å². The fourth-order valence-electron chi connectivity index (χ4n) is 3.02. The van der Waals surface area contributed by atoms with Gasteiger partial charge in [-0.3, -0.25) is 4.79 Å². The fourth-order valence-corrected chi connectivity index (χ4v) is 3.02. The summed E-state index contributed by atoms with van der Waals surface area (Å²) in [7, 11) is 0. The maximum absolute atomic E-state index is 12.9. The molecule has 22 heavy (non-hydrogen) atoms. The molecule has 0 aliphatic carbocycles. The molecule has 0 saturated carbocycles. The van der Waals surface area contributed by atoms with Crippen molar-refractivity contribution in [3.05, 3.63) is 0 Å².